The predicted octanol–water partition coefficient (Wildman–Crippen LogP) is 3.16. The van der Waals surface area contributed by atoms with Crippen LogP contribution in [-0.4, -0.2) is 17.4 Å². The number of anilines is 1. The highest BCUT2D eigenvalue weighted by molar-refractivity contribution is 6.31. The van der Waals surface area contributed by atoms with Gasteiger partial charge < -0.3 is 10.6 Å². The van der Waals surface area contributed by atoms with Crippen LogP contribution in [0.4, 0.5) is 11.4 Å². The largest absolute Gasteiger partial charge is 0.332 e. The molecular weight excluding hydrogens is 353 g/mol. The number of amides is 1. The normalized spacial score (nSPS) is 11.8. The Morgan fingerprint density at radius 3 is 2.67 bits per heavy atom. The maximum Gasteiger partial charge on any atom is 0.292 e. The standard InChI is InChI=1S/C16H15Cl2N3O3/c1-10(12-4-2-3-5-13(12)18)19-9-16(22)20-14-8-11(17)6-7-15(14)21(23)24/h2-8,10,19H,9H2,1H3,(H,20,22)/p+1/t10-/m1/s1. The molecule has 24 heavy (non-hydrogen) atoms. The fourth-order valence-electron chi connectivity index (χ4n) is 2.22. The fraction of sp³-hybridized carbons (Fsp3) is 0.188. The van der Waals surface area contributed by atoms with Gasteiger partial charge in [-0.15, -0.1) is 0 Å². The van der Waals surface area contributed by atoms with Crippen molar-refractivity contribution in [3.05, 3.63) is 68.2 Å². The van der Waals surface area contributed by atoms with E-state index in [0.29, 0.717) is 10.0 Å². The van der Waals surface area contributed by atoms with Gasteiger partial charge in [0.1, 0.15) is 11.7 Å². The summed E-state index contributed by atoms with van der Waals surface area (Å²) in [6.45, 7) is 2.02. The summed E-state index contributed by atoms with van der Waals surface area (Å²) >= 11 is 12.0. The second kappa shape index (κ2) is 8.10. The molecule has 0 spiro atoms. The van der Waals surface area contributed by atoms with Crippen LogP contribution in [0.5, 0.6) is 0 Å². The van der Waals surface area contributed by atoms with Crippen molar-refractivity contribution in [1.29, 1.82) is 0 Å². The molecule has 1 atom stereocenters. The van der Waals surface area contributed by atoms with E-state index < -0.39 is 4.92 Å². The highest BCUT2D eigenvalue weighted by Crippen LogP contribution is 2.27. The number of rotatable bonds is 6. The maximum absolute atomic E-state index is 12.1. The molecule has 0 aromatic heterocycles. The second-order valence-electron chi connectivity index (χ2n) is 5.22. The highest BCUT2D eigenvalue weighted by atomic mass is 35.5. The Morgan fingerprint density at radius 2 is 2.00 bits per heavy atom. The van der Waals surface area contributed by atoms with E-state index in [2.05, 4.69) is 5.32 Å². The van der Waals surface area contributed by atoms with Crippen LogP contribution < -0.4 is 10.6 Å². The first-order valence-electron chi connectivity index (χ1n) is 7.20. The lowest BCUT2D eigenvalue weighted by atomic mass is 10.1. The quantitative estimate of drug-likeness (QED) is 0.606. The predicted molar refractivity (Wildman–Crippen MR) is 93.4 cm³/mol. The molecule has 2 rings (SSSR count). The number of hydrogen-bond donors (Lipinski definition) is 2. The Balaban J connectivity index is 2.00. The van der Waals surface area contributed by atoms with Gasteiger partial charge in [-0.2, -0.15) is 0 Å². The lowest BCUT2D eigenvalue weighted by molar-refractivity contribution is -0.682. The molecule has 0 radical (unpaired) electrons. The molecule has 0 unspecified atom stereocenters. The summed E-state index contributed by atoms with van der Waals surface area (Å²) in [5, 5.41) is 16.3. The van der Waals surface area contributed by atoms with Crippen molar-refractivity contribution >= 4 is 40.5 Å². The van der Waals surface area contributed by atoms with Gasteiger partial charge in [0.2, 0.25) is 0 Å². The van der Waals surface area contributed by atoms with Crippen LogP contribution in [-0.2, 0) is 4.79 Å². The van der Waals surface area contributed by atoms with Crippen LogP contribution in [0.1, 0.15) is 18.5 Å². The van der Waals surface area contributed by atoms with Gasteiger partial charge in [0.15, 0.2) is 6.54 Å². The molecule has 0 saturated carbocycles. The number of nitro groups is 1. The molecule has 1 amide bonds. The van der Waals surface area contributed by atoms with Gasteiger partial charge in [-0.25, -0.2) is 0 Å². The van der Waals surface area contributed by atoms with E-state index in [4.69, 9.17) is 23.2 Å². The van der Waals surface area contributed by atoms with E-state index in [1.54, 1.807) is 11.4 Å². The molecule has 0 aliphatic rings. The van der Waals surface area contributed by atoms with Gasteiger partial charge in [-0.05, 0) is 25.1 Å². The van der Waals surface area contributed by atoms with Crippen molar-refractivity contribution in [3.8, 4) is 0 Å². The highest BCUT2D eigenvalue weighted by Gasteiger charge is 2.18. The number of carbonyl (C=O) groups is 1. The van der Waals surface area contributed by atoms with Crippen LogP contribution >= 0.6 is 23.2 Å². The van der Waals surface area contributed by atoms with Crippen molar-refractivity contribution in [2.24, 2.45) is 0 Å². The monoisotopic (exact) mass is 368 g/mol. The molecule has 0 saturated heterocycles. The zero-order chi connectivity index (χ0) is 17.7. The zero-order valence-corrected chi connectivity index (χ0v) is 14.3. The minimum absolute atomic E-state index is 0.0289. The Kier molecular flexibility index (Phi) is 6.14. The van der Waals surface area contributed by atoms with Gasteiger partial charge in [0.05, 0.1) is 4.92 Å². The summed E-state index contributed by atoms with van der Waals surface area (Å²) in [5.41, 5.74) is 0.795. The van der Waals surface area contributed by atoms with Gasteiger partial charge in [0, 0.05) is 21.7 Å². The van der Waals surface area contributed by atoms with Gasteiger partial charge in [0.25, 0.3) is 11.6 Å². The molecule has 2 aromatic carbocycles. The van der Waals surface area contributed by atoms with Gasteiger partial charge in [-0.1, -0.05) is 41.4 Å². The molecule has 8 heteroatoms. The number of nitro benzene ring substituents is 1. The van der Waals surface area contributed by atoms with Crippen LogP contribution in [0.3, 0.4) is 0 Å². The fourth-order valence-corrected chi connectivity index (χ4v) is 2.70. The van der Waals surface area contributed by atoms with Crippen molar-refractivity contribution < 1.29 is 15.0 Å². The summed E-state index contributed by atoms with van der Waals surface area (Å²) in [4.78, 5) is 22.5. The van der Waals surface area contributed by atoms with E-state index >= 15 is 0 Å². The van der Waals surface area contributed by atoms with Crippen molar-refractivity contribution in [3.63, 3.8) is 0 Å². The van der Waals surface area contributed by atoms with Crippen LogP contribution in [0.25, 0.3) is 0 Å². The first-order valence-corrected chi connectivity index (χ1v) is 7.95. The third kappa shape index (κ3) is 4.67. The number of nitrogens with two attached hydrogens (primary N) is 1. The van der Waals surface area contributed by atoms with Gasteiger partial charge >= 0.3 is 0 Å². The molecule has 0 fully saturated rings. The molecular formula is C16H16Cl2N3O3+. The average Bonchev–Trinajstić information content (AvgIpc) is 2.53. The Morgan fingerprint density at radius 1 is 1.29 bits per heavy atom. The van der Waals surface area contributed by atoms with E-state index in [1.807, 2.05) is 25.1 Å². The number of benzene rings is 2. The molecule has 0 aliphatic heterocycles. The SMILES string of the molecule is C[C@@H]([NH2+]CC(=O)Nc1cc(Cl)ccc1[N+](=O)[O-])c1ccccc1Cl. The smallest absolute Gasteiger partial charge is 0.292 e. The molecule has 0 aliphatic carbocycles. The summed E-state index contributed by atoms with van der Waals surface area (Å²) in [6.07, 6.45) is 0. The van der Waals surface area contributed by atoms with Crippen LogP contribution in [0, 0.1) is 10.1 Å². The number of quaternary nitrogens is 1. The Bertz CT molecular complexity index is 768. The maximum atomic E-state index is 12.1. The summed E-state index contributed by atoms with van der Waals surface area (Å²) in [5.74, 6) is -0.362. The summed E-state index contributed by atoms with van der Waals surface area (Å²) in [7, 11) is 0. The molecule has 126 valence electrons. The minimum Gasteiger partial charge on any atom is -0.332 e. The first-order chi connectivity index (χ1) is 11.4. The van der Waals surface area contributed by atoms with E-state index in [-0.39, 0.29) is 29.9 Å². The van der Waals surface area contributed by atoms with Gasteiger partial charge in [-0.3, -0.25) is 14.9 Å². The lowest BCUT2D eigenvalue weighted by Gasteiger charge is -2.12. The number of hydrogen-bond acceptors (Lipinski definition) is 3. The average molecular weight is 369 g/mol. The number of nitrogens with zero attached hydrogens (tertiary/aromatic N) is 1. The van der Waals surface area contributed by atoms with Crippen LogP contribution in [0.2, 0.25) is 10.0 Å². The number of carbonyl (C=O) groups excluding carboxylic acids is 1. The molecule has 2 aromatic rings. The third-order valence-corrected chi connectivity index (χ3v) is 4.06. The van der Waals surface area contributed by atoms with Crippen LogP contribution in [0.15, 0.2) is 42.5 Å². The topological polar surface area (TPSA) is 88.8 Å². The molecule has 0 heterocycles. The molecule has 6 nitrogen and oxygen atoms in total. The summed E-state index contributed by atoms with van der Waals surface area (Å²) < 4.78 is 0. The zero-order valence-electron chi connectivity index (χ0n) is 12.8. The number of halogens is 2. The Hall–Kier alpha value is -2.15. The number of nitrogens with one attached hydrogen (secondary N) is 1. The molecule has 0 bridgehead atoms. The van der Waals surface area contributed by atoms with E-state index in [9.17, 15) is 14.9 Å². The second-order valence-corrected chi connectivity index (χ2v) is 6.06. The minimum atomic E-state index is -0.567. The van der Waals surface area contributed by atoms with E-state index in [0.717, 1.165) is 5.56 Å². The van der Waals surface area contributed by atoms with Crippen molar-refractivity contribution in [1.82, 2.24) is 0 Å². The van der Waals surface area contributed by atoms with Crippen molar-refractivity contribution in [2.75, 3.05) is 11.9 Å². The third-order valence-electron chi connectivity index (χ3n) is 3.48. The summed E-state index contributed by atoms with van der Waals surface area (Å²) in [6, 6.07) is 11.4. The first kappa shape index (κ1) is 18.2. The lowest BCUT2D eigenvalue weighted by Crippen LogP contribution is -2.86. The van der Waals surface area contributed by atoms with E-state index in [1.165, 1.54) is 18.2 Å². The molecule has 3 N–H and O–H groups in total. The van der Waals surface area contributed by atoms with Crippen molar-refractivity contribution in [2.45, 2.75) is 13.0 Å². The Labute approximate surface area is 148 Å².